The first-order valence-corrected chi connectivity index (χ1v) is 5.26. The number of hydrogen-bond acceptors (Lipinski definition) is 5. The van der Waals surface area contributed by atoms with Crippen molar-refractivity contribution in [1.82, 2.24) is 14.9 Å². The van der Waals surface area contributed by atoms with E-state index in [4.69, 9.17) is 5.73 Å². The maximum Gasteiger partial charge on any atom is 0.152 e. The first-order chi connectivity index (χ1) is 7.25. The lowest BCUT2D eigenvalue weighted by Gasteiger charge is -2.30. The molecule has 1 aliphatic heterocycles. The molecule has 1 aliphatic rings. The maximum atomic E-state index is 5.77. The van der Waals surface area contributed by atoms with Gasteiger partial charge in [-0.25, -0.2) is 9.97 Å². The Kier molecular flexibility index (Phi) is 3.01. The second-order valence-corrected chi connectivity index (χ2v) is 4.07. The number of nitrogens with two attached hydrogens (primary N) is 1. The summed E-state index contributed by atoms with van der Waals surface area (Å²) in [6.07, 6.45) is 5.54. The van der Waals surface area contributed by atoms with Gasteiger partial charge in [-0.15, -0.1) is 0 Å². The molecule has 1 aromatic heterocycles. The van der Waals surface area contributed by atoms with Gasteiger partial charge in [-0.1, -0.05) is 0 Å². The Morgan fingerprint density at radius 2 is 2.47 bits per heavy atom. The van der Waals surface area contributed by atoms with Gasteiger partial charge in [0.15, 0.2) is 5.82 Å². The van der Waals surface area contributed by atoms with Crippen molar-refractivity contribution in [3.05, 3.63) is 12.5 Å². The Bertz CT molecular complexity index is 327. The summed E-state index contributed by atoms with van der Waals surface area (Å²) in [5.41, 5.74) is 6.39. The Morgan fingerprint density at radius 1 is 1.60 bits per heavy atom. The van der Waals surface area contributed by atoms with Gasteiger partial charge >= 0.3 is 0 Å². The van der Waals surface area contributed by atoms with Gasteiger partial charge in [-0.2, -0.15) is 0 Å². The Labute approximate surface area is 89.7 Å². The first kappa shape index (κ1) is 10.2. The normalized spacial score (nSPS) is 22.6. The Balaban J connectivity index is 1.99. The number of piperidine rings is 1. The van der Waals surface area contributed by atoms with E-state index in [0.29, 0.717) is 11.7 Å². The van der Waals surface area contributed by atoms with Crippen LogP contribution in [0.2, 0.25) is 0 Å². The maximum absolute atomic E-state index is 5.77. The van der Waals surface area contributed by atoms with E-state index in [0.717, 1.165) is 12.4 Å². The standard InChI is InChI=1S/C10H17N5/c1-15-4-2-3-8(6-15)14-10-9(11)5-12-7-13-10/h5,7-8H,2-4,6,11H2,1H3,(H,12,13,14). The van der Waals surface area contributed by atoms with Crippen LogP contribution in [0.1, 0.15) is 12.8 Å². The topological polar surface area (TPSA) is 67.1 Å². The minimum Gasteiger partial charge on any atom is -0.394 e. The predicted octanol–water partition coefficient (Wildman–Crippen LogP) is 0.565. The summed E-state index contributed by atoms with van der Waals surface area (Å²) < 4.78 is 0. The van der Waals surface area contributed by atoms with E-state index in [9.17, 15) is 0 Å². The second kappa shape index (κ2) is 4.44. The van der Waals surface area contributed by atoms with E-state index in [2.05, 4.69) is 27.2 Å². The van der Waals surface area contributed by atoms with Gasteiger partial charge in [-0.05, 0) is 26.4 Å². The molecular weight excluding hydrogens is 190 g/mol. The summed E-state index contributed by atoms with van der Waals surface area (Å²) >= 11 is 0. The predicted molar refractivity (Wildman–Crippen MR) is 60.6 cm³/mol. The quantitative estimate of drug-likeness (QED) is 0.742. The molecule has 0 spiro atoms. The van der Waals surface area contributed by atoms with Crippen molar-refractivity contribution in [1.29, 1.82) is 0 Å². The zero-order valence-electron chi connectivity index (χ0n) is 8.98. The number of hydrogen-bond donors (Lipinski definition) is 2. The van der Waals surface area contributed by atoms with Gasteiger partial charge in [0.2, 0.25) is 0 Å². The highest BCUT2D eigenvalue weighted by molar-refractivity contribution is 5.59. The minimum absolute atomic E-state index is 0.445. The number of nitrogens with zero attached hydrogens (tertiary/aromatic N) is 3. The van der Waals surface area contributed by atoms with Gasteiger partial charge in [-0.3, -0.25) is 0 Å². The molecule has 0 saturated carbocycles. The van der Waals surface area contributed by atoms with Crippen LogP contribution in [-0.4, -0.2) is 41.0 Å². The van der Waals surface area contributed by atoms with Crippen LogP contribution in [0.25, 0.3) is 0 Å². The molecule has 2 rings (SSSR count). The van der Waals surface area contributed by atoms with Gasteiger partial charge in [0.25, 0.3) is 0 Å². The van der Waals surface area contributed by atoms with Crippen molar-refractivity contribution in [3.8, 4) is 0 Å². The third-order valence-corrected chi connectivity index (χ3v) is 2.71. The van der Waals surface area contributed by atoms with E-state index in [-0.39, 0.29) is 0 Å². The zero-order valence-corrected chi connectivity index (χ0v) is 8.98. The smallest absolute Gasteiger partial charge is 0.152 e. The van der Waals surface area contributed by atoms with E-state index in [1.807, 2.05) is 0 Å². The summed E-state index contributed by atoms with van der Waals surface area (Å²) in [7, 11) is 2.14. The molecule has 5 heteroatoms. The lowest BCUT2D eigenvalue weighted by molar-refractivity contribution is 0.261. The van der Waals surface area contributed by atoms with Gasteiger partial charge < -0.3 is 16.0 Å². The fourth-order valence-corrected chi connectivity index (χ4v) is 1.94. The van der Waals surface area contributed by atoms with Crippen molar-refractivity contribution in [2.24, 2.45) is 0 Å². The van der Waals surface area contributed by atoms with Crippen LogP contribution in [0.5, 0.6) is 0 Å². The molecule has 2 heterocycles. The molecule has 82 valence electrons. The molecule has 0 aromatic carbocycles. The zero-order chi connectivity index (χ0) is 10.7. The lowest BCUT2D eigenvalue weighted by Crippen LogP contribution is -2.40. The number of likely N-dealkylation sites (tertiary alicyclic amines) is 1. The molecule has 1 unspecified atom stereocenters. The van der Waals surface area contributed by atoms with Gasteiger partial charge in [0.05, 0.1) is 11.9 Å². The largest absolute Gasteiger partial charge is 0.394 e. The summed E-state index contributed by atoms with van der Waals surface area (Å²) in [6.45, 7) is 2.22. The lowest BCUT2D eigenvalue weighted by atomic mass is 10.1. The first-order valence-electron chi connectivity index (χ1n) is 5.26. The van der Waals surface area contributed by atoms with Crippen LogP contribution >= 0.6 is 0 Å². The van der Waals surface area contributed by atoms with E-state index < -0.39 is 0 Å². The van der Waals surface area contributed by atoms with Gasteiger partial charge in [0, 0.05) is 12.6 Å². The third-order valence-electron chi connectivity index (χ3n) is 2.71. The molecule has 0 radical (unpaired) electrons. The number of likely N-dealkylation sites (N-methyl/N-ethyl adjacent to an activating group) is 1. The highest BCUT2D eigenvalue weighted by Crippen LogP contribution is 2.17. The molecular formula is C10H17N5. The van der Waals surface area contributed by atoms with Gasteiger partial charge in [0.1, 0.15) is 6.33 Å². The van der Waals surface area contributed by atoms with Crippen molar-refractivity contribution < 1.29 is 0 Å². The number of rotatable bonds is 2. The monoisotopic (exact) mass is 207 g/mol. The van der Waals surface area contributed by atoms with Crippen LogP contribution in [-0.2, 0) is 0 Å². The minimum atomic E-state index is 0.445. The van der Waals surface area contributed by atoms with Crippen molar-refractivity contribution in [2.45, 2.75) is 18.9 Å². The molecule has 15 heavy (non-hydrogen) atoms. The van der Waals surface area contributed by atoms with Crippen molar-refractivity contribution >= 4 is 11.5 Å². The molecule has 0 bridgehead atoms. The highest BCUT2D eigenvalue weighted by Gasteiger charge is 2.17. The van der Waals surface area contributed by atoms with E-state index in [1.54, 1.807) is 6.20 Å². The summed E-state index contributed by atoms with van der Waals surface area (Å²) in [4.78, 5) is 10.3. The molecule has 1 aromatic rings. The molecule has 5 nitrogen and oxygen atoms in total. The molecule has 1 atom stereocenters. The van der Waals surface area contributed by atoms with Crippen molar-refractivity contribution in [2.75, 3.05) is 31.2 Å². The summed E-state index contributed by atoms with van der Waals surface area (Å²) in [6, 6.07) is 0.445. The molecule has 0 amide bonds. The second-order valence-electron chi connectivity index (χ2n) is 4.07. The molecule has 1 saturated heterocycles. The fourth-order valence-electron chi connectivity index (χ4n) is 1.94. The van der Waals surface area contributed by atoms with E-state index >= 15 is 0 Å². The van der Waals surface area contributed by atoms with Crippen LogP contribution in [0.4, 0.5) is 11.5 Å². The number of aromatic nitrogens is 2. The Morgan fingerprint density at radius 3 is 3.20 bits per heavy atom. The summed E-state index contributed by atoms with van der Waals surface area (Å²) in [5.74, 6) is 0.755. The van der Waals surface area contributed by atoms with Crippen LogP contribution in [0.15, 0.2) is 12.5 Å². The van der Waals surface area contributed by atoms with Crippen LogP contribution < -0.4 is 11.1 Å². The van der Waals surface area contributed by atoms with Crippen molar-refractivity contribution in [3.63, 3.8) is 0 Å². The fraction of sp³-hybridized carbons (Fsp3) is 0.600. The summed E-state index contributed by atoms with van der Waals surface area (Å²) in [5, 5.41) is 3.36. The highest BCUT2D eigenvalue weighted by atomic mass is 15.2. The molecule has 1 fully saturated rings. The van der Waals surface area contributed by atoms with Crippen LogP contribution in [0.3, 0.4) is 0 Å². The van der Waals surface area contributed by atoms with Crippen LogP contribution in [0, 0.1) is 0 Å². The number of anilines is 2. The third kappa shape index (κ3) is 2.56. The average Bonchev–Trinajstić information content (AvgIpc) is 2.22. The number of nitrogen functional groups attached to an aromatic ring is 1. The molecule has 0 aliphatic carbocycles. The number of nitrogens with one attached hydrogen (secondary N) is 1. The Hall–Kier alpha value is -1.36. The SMILES string of the molecule is CN1CCCC(Nc2ncncc2N)C1. The van der Waals surface area contributed by atoms with E-state index in [1.165, 1.54) is 25.7 Å². The molecule has 3 N–H and O–H groups in total. The average molecular weight is 207 g/mol.